The number of carbonyl (C=O) groups excluding carboxylic acids is 1. The average molecular weight is 312 g/mol. The average Bonchev–Trinajstić information content (AvgIpc) is 2.54. The van der Waals surface area contributed by atoms with E-state index in [1.807, 2.05) is 33.8 Å². The van der Waals surface area contributed by atoms with Crippen molar-refractivity contribution in [3.05, 3.63) is 33.8 Å². The number of hydrogen-bond donors (Lipinski definition) is 0. The highest BCUT2D eigenvalue weighted by Gasteiger charge is 2.33. The van der Waals surface area contributed by atoms with Crippen molar-refractivity contribution < 1.29 is 9.53 Å². The highest BCUT2D eigenvalue weighted by molar-refractivity contribution is 9.10. The standard InChI is InChI=1S/C14H18BrNO2/c1-9-12-7-11(15)6-5-10(12)8-16(9)13(17)18-14(2,3)4/h5-7,9H,8H2,1-4H3/t9-/m0/s1. The Kier molecular flexibility index (Phi) is 3.41. The first-order valence-electron chi connectivity index (χ1n) is 6.06. The van der Waals surface area contributed by atoms with E-state index in [1.165, 1.54) is 11.1 Å². The molecular formula is C14H18BrNO2. The maximum atomic E-state index is 12.1. The van der Waals surface area contributed by atoms with Crippen molar-refractivity contribution in [3.8, 4) is 0 Å². The quantitative estimate of drug-likeness (QED) is 0.716. The van der Waals surface area contributed by atoms with Gasteiger partial charge in [-0.15, -0.1) is 0 Å². The number of rotatable bonds is 0. The van der Waals surface area contributed by atoms with E-state index in [2.05, 4.69) is 28.1 Å². The second-order valence-electron chi connectivity index (χ2n) is 5.63. The van der Waals surface area contributed by atoms with Gasteiger partial charge in [0.1, 0.15) is 5.60 Å². The molecule has 1 aromatic rings. The third-order valence-corrected chi connectivity index (χ3v) is 3.49. The highest BCUT2D eigenvalue weighted by atomic mass is 79.9. The monoisotopic (exact) mass is 311 g/mol. The molecule has 0 fully saturated rings. The van der Waals surface area contributed by atoms with Crippen LogP contribution >= 0.6 is 15.9 Å². The maximum absolute atomic E-state index is 12.1. The van der Waals surface area contributed by atoms with Crippen LogP contribution in [0.5, 0.6) is 0 Å². The van der Waals surface area contributed by atoms with Gasteiger partial charge in [-0.25, -0.2) is 4.79 Å². The molecule has 1 heterocycles. The molecule has 0 bridgehead atoms. The highest BCUT2D eigenvalue weighted by Crippen LogP contribution is 2.35. The summed E-state index contributed by atoms with van der Waals surface area (Å²) in [6, 6.07) is 6.20. The SMILES string of the molecule is C[C@H]1c2cc(Br)ccc2CN1C(=O)OC(C)(C)C. The number of amides is 1. The van der Waals surface area contributed by atoms with E-state index in [9.17, 15) is 4.79 Å². The molecule has 0 radical (unpaired) electrons. The van der Waals surface area contributed by atoms with Crippen molar-refractivity contribution in [2.75, 3.05) is 0 Å². The van der Waals surface area contributed by atoms with Crippen LogP contribution in [0.4, 0.5) is 4.79 Å². The Balaban J connectivity index is 2.19. The Morgan fingerprint density at radius 3 is 2.72 bits per heavy atom. The molecule has 1 atom stereocenters. The Morgan fingerprint density at radius 1 is 1.44 bits per heavy atom. The molecule has 1 aliphatic heterocycles. The van der Waals surface area contributed by atoms with Crippen LogP contribution in [0.1, 0.15) is 44.9 Å². The Labute approximate surface area is 116 Å². The second-order valence-corrected chi connectivity index (χ2v) is 6.54. The number of hydrogen-bond acceptors (Lipinski definition) is 2. The summed E-state index contributed by atoms with van der Waals surface area (Å²) in [6.45, 7) is 8.31. The fourth-order valence-electron chi connectivity index (χ4n) is 2.13. The molecule has 18 heavy (non-hydrogen) atoms. The van der Waals surface area contributed by atoms with Crippen LogP contribution in [-0.4, -0.2) is 16.6 Å². The van der Waals surface area contributed by atoms with Gasteiger partial charge in [-0.2, -0.15) is 0 Å². The zero-order valence-electron chi connectivity index (χ0n) is 11.2. The molecule has 2 rings (SSSR count). The summed E-state index contributed by atoms with van der Waals surface area (Å²) >= 11 is 3.46. The Bertz CT molecular complexity index is 479. The zero-order chi connectivity index (χ0) is 13.5. The van der Waals surface area contributed by atoms with Crippen LogP contribution in [0.3, 0.4) is 0 Å². The minimum Gasteiger partial charge on any atom is -0.444 e. The smallest absolute Gasteiger partial charge is 0.411 e. The van der Waals surface area contributed by atoms with E-state index in [0.717, 1.165) is 4.47 Å². The van der Waals surface area contributed by atoms with Gasteiger partial charge in [0.15, 0.2) is 0 Å². The lowest BCUT2D eigenvalue weighted by Gasteiger charge is -2.27. The van der Waals surface area contributed by atoms with Crippen molar-refractivity contribution in [1.82, 2.24) is 4.90 Å². The number of benzene rings is 1. The summed E-state index contributed by atoms with van der Waals surface area (Å²) in [5, 5.41) is 0. The molecule has 0 aliphatic carbocycles. The lowest BCUT2D eigenvalue weighted by atomic mass is 10.1. The van der Waals surface area contributed by atoms with Crippen LogP contribution in [0.25, 0.3) is 0 Å². The van der Waals surface area contributed by atoms with Crippen molar-refractivity contribution in [1.29, 1.82) is 0 Å². The molecule has 1 aromatic carbocycles. The van der Waals surface area contributed by atoms with Crippen molar-refractivity contribution in [2.45, 2.75) is 45.9 Å². The van der Waals surface area contributed by atoms with E-state index < -0.39 is 5.60 Å². The number of nitrogens with zero attached hydrogens (tertiary/aromatic N) is 1. The van der Waals surface area contributed by atoms with Gasteiger partial charge in [0.2, 0.25) is 0 Å². The maximum Gasteiger partial charge on any atom is 0.411 e. The molecule has 1 aliphatic rings. The number of halogens is 1. The van der Waals surface area contributed by atoms with Gasteiger partial charge in [0.25, 0.3) is 0 Å². The lowest BCUT2D eigenvalue weighted by Crippen LogP contribution is -2.34. The van der Waals surface area contributed by atoms with Crippen LogP contribution in [-0.2, 0) is 11.3 Å². The largest absolute Gasteiger partial charge is 0.444 e. The van der Waals surface area contributed by atoms with E-state index >= 15 is 0 Å². The number of fused-ring (bicyclic) bond motifs is 1. The van der Waals surface area contributed by atoms with Crippen LogP contribution in [0.15, 0.2) is 22.7 Å². The molecule has 0 spiro atoms. The molecule has 4 heteroatoms. The molecule has 0 aromatic heterocycles. The molecule has 3 nitrogen and oxygen atoms in total. The van der Waals surface area contributed by atoms with Crippen LogP contribution in [0, 0.1) is 0 Å². The van der Waals surface area contributed by atoms with Crippen molar-refractivity contribution >= 4 is 22.0 Å². The van der Waals surface area contributed by atoms with Gasteiger partial charge in [-0.1, -0.05) is 22.0 Å². The second kappa shape index (κ2) is 4.57. The minimum absolute atomic E-state index is 0.0624. The summed E-state index contributed by atoms with van der Waals surface area (Å²) in [7, 11) is 0. The molecule has 0 saturated heterocycles. The van der Waals surface area contributed by atoms with E-state index in [-0.39, 0.29) is 12.1 Å². The third kappa shape index (κ3) is 2.69. The first kappa shape index (κ1) is 13.4. The molecule has 1 amide bonds. The topological polar surface area (TPSA) is 29.5 Å². The molecule has 0 saturated carbocycles. The summed E-state index contributed by atoms with van der Waals surface area (Å²) in [5.41, 5.74) is 1.93. The summed E-state index contributed by atoms with van der Waals surface area (Å²) in [6.07, 6.45) is -0.248. The fraction of sp³-hybridized carbons (Fsp3) is 0.500. The van der Waals surface area contributed by atoms with Crippen LogP contribution < -0.4 is 0 Å². The molecule has 98 valence electrons. The first-order valence-corrected chi connectivity index (χ1v) is 6.85. The van der Waals surface area contributed by atoms with Gasteiger partial charge >= 0.3 is 6.09 Å². The number of carbonyl (C=O) groups is 1. The van der Waals surface area contributed by atoms with Gasteiger partial charge in [0.05, 0.1) is 6.04 Å². The predicted octanol–water partition coefficient (Wildman–Crippen LogP) is 4.26. The number of ether oxygens (including phenoxy) is 1. The molecule has 0 N–H and O–H groups in total. The Morgan fingerprint density at radius 2 is 2.11 bits per heavy atom. The summed E-state index contributed by atoms with van der Waals surface area (Å²) in [5.74, 6) is 0. The van der Waals surface area contributed by atoms with Gasteiger partial charge in [-0.05, 0) is 51.0 Å². The lowest BCUT2D eigenvalue weighted by molar-refractivity contribution is 0.0187. The van der Waals surface area contributed by atoms with Gasteiger partial charge in [-0.3, -0.25) is 4.90 Å². The first-order chi connectivity index (χ1) is 8.28. The van der Waals surface area contributed by atoms with E-state index in [0.29, 0.717) is 6.54 Å². The zero-order valence-corrected chi connectivity index (χ0v) is 12.7. The third-order valence-electron chi connectivity index (χ3n) is 2.99. The van der Waals surface area contributed by atoms with Gasteiger partial charge in [0, 0.05) is 11.0 Å². The Hall–Kier alpha value is -1.03. The van der Waals surface area contributed by atoms with Gasteiger partial charge < -0.3 is 4.74 Å². The van der Waals surface area contributed by atoms with Crippen molar-refractivity contribution in [2.24, 2.45) is 0 Å². The predicted molar refractivity (Wildman–Crippen MR) is 74.3 cm³/mol. The normalized spacial score (nSPS) is 18.7. The summed E-state index contributed by atoms with van der Waals surface area (Å²) < 4.78 is 6.47. The van der Waals surface area contributed by atoms with E-state index in [4.69, 9.17) is 4.74 Å². The van der Waals surface area contributed by atoms with E-state index in [1.54, 1.807) is 4.90 Å². The van der Waals surface area contributed by atoms with Crippen molar-refractivity contribution in [3.63, 3.8) is 0 Å². The molecular weight excluding hydrogens is 294 g/mol. The van der Waals surface area contributed by atoms with Crippen LogP contribution in [0.2, 0.25) is 0 Å². The molecule has 0 unspecified atom stereocenters. The summed E-state index contributed by atoms with van der Waals surface area (Å²) in [4.78, 5) is 13.9. The fourth-order valence-corrected chi connectivity index (χ4v) is 2.51. The minimum atomic E-state index is -0.452.